The van der Waals surface area contributed by atoms with Crippen molar-refractivity contribution in [3.63, 3.8) is 0 Å². The number of hydrogen-bond donors (Lipinski definition) is 1. The second-order valence-electron chi connectivity index (χ2n) is 6.70. The van der Waals surface area contributed by atoms with E-state index in [9.17, 15) is 18.0 Å². The highest BCUT2D eigenvalue weighted by Gasteiger charge is 2.30. The van der Waals surface area contributed by atoms with Gasteiger partial charge < -0.3 is 4.42 Å². The molecule has 1 amide bonds. The lowest BCUT2D eigenvalue weighted by Gasteiger charge is -2.07. The van der Waals surface area contributed by atoms with Gasteiger partial charge in [-0.2, -0.15) is 23.1 Å². The van der Waals surface area contributed by atoms with Gasteiger partial charge in [0, 0.05) is 11.1 Å². The zero-order valence-corrected chi connectivity index (χ0v) is 17.4. The fraction of sp³-hybridized carbons (Fsp3) is 0.0952. The number of rotatable bonds is 6. The third-order valence-electron chi connectivity index (χ3n) is 4.33. The number of amides is 1. The molecule has 4 aromatic rings. The maximum absolute atomic E-state index is 12.9. The largest absolute Gasteiger partial charge is 0.455 e. The first-order chi connectivity index (χ1) is 15.8. The fourth-order valence-electron chi connectivity index (χ4n) is 2.82. The van der Waals surface area contributed by atoms with E-state index in [-0.39, 0.29) is 29.5 Å². The number of hydrogen-bond acceptors (Lipinski definition) is 6. The summed E-state index contributed by atoms with van der Waals surface area (Å²) in [4.78, 5) is 13.1. The van der Waals surface area contributed by atoms with Crippen LogP contribution in [0.5, 0.6) is 0 Å². The maximum atomic E-state index is 12.9. The molecule has 0 spiro atoms. The lowest BCUT2D eigenvalue weighted by Crippen LogP contribution is -2.24. The molecular weight excluding hydrogens is 461 g/mol. The molecule has 33 heavy (non-hydrogen) atoms. The smallest absolute Gasteiger partial charge is 0.416 e. The third kappa shape index (κ3) is 5.44. The lowest BCUT2D eigenvalue weighted by molar-refractivity contribution is -0.137. The van der Waals surface area contributed by atoms with Crippen LogP contribution < -0.4 is 5.43 Å². The summed E-state index contributed by atoms with van der Waals surface area (Å²) in [6.45, 7) is -0.248. The summed E-state index contributed by atoms with van der Waals surface area (Å²) in [5, 5.41) is 16.0. The van der Waals surface area contributed by atoms with Gasteiger partial charge in [-0.15, -0.1) is 10.2 Å². The molecule has 2 aromatic heterocycles. The fourth-order valence-corrected chi connectivity index (χ4v) is 3.04. The van der Waals surface area contributed by atoms with Crippen LogP contribution in [0.25, 0.3) is 22.7 Å². The predicted octanol–water partition coefficient (Wildman–Crippen LogP) is 4.42. The Morgan fingerprint density at radius 1 is 1.15 bits per heavy atom. The van der Waals surface area contributed by atoms with Crippen LogP contribution in [-0.2, 0) is 17.5 Å². The molecule has 1 N–H and O–H groups in total. The average Bonchev–Trinajstić information content (AvgIpc) is 3.43. The number of hydrazone groups is 1. The summed E-state index contributed by atoms with van der Waals surface area (Å²) < 4.78 is 44.1. The minimum absolute atomic E-state index is 0.229. The van der Waals surface area contributed by atoms with Gasteiger partial charge in [-0.05, 0) is 41.6 Å². The molecule has 0 aliphatic heterocycles. The van der Waals surface area contributed by atoms with E-state index in [1.807, 2.05) is 0 Å². The number of furan rings is 1. The number of nitrogens with zero attached hydrogens (tertiary/aromatic N) is 5. The summed E-state index contributed by atoms with van der Waals surface area (Å²) in [6, 6.07) is 14.7. The molecule has 0 saturated carbocycles. The van der Waals surface area contributed by atoms with Gasteiger partial charge in [0.2, 0.25) is 5.82 Å². The van der Waals surface area contributed by atoms with E-state index in [0.29, 0.717) is 10.6 Å². The van der Waals surface area contributed by atoms with Gasteiger partial charge in [0.1, 0.15) is 18.1 Å². The Kier molecular flexibility index (Phi) is 6.22. The second kappa shape index (κ2) is 9.25. The summed E-state index contributed by atoms with van der Waals surface area (Å²) in [6.07, 6.45) is -3.23. The van der Waals surface area contributed by atoms with Crippen molar-refractivity contribution in [2.45, 2.75) is 12.7 Å². The average molecular weight is 475 g/mol. The van der Waals surface area contributed by atoms with Crippen molar-refractivity contribution in [2.75, 3.05) is 0 Å². The van der Waals surface area contributed by atoms with E-state index in [4.69, 9.17) is 16.0 Å². The number of carbonyl (C=O) groups is 1. The number of tetrazole rings is 1. The molecule has 2 aromatic carbocycles. The molecule has 0 aliphatic rings. The van der Waals surface area contributed by atoms with Crippen molar-refractivity contribution in [3.8, 4) is 22.7 Å². The summed E-state index contributed by atoms with van der Waals surface area (Å²) in [7, 11) is 0. The molecule has 12 heteroatoms. The molecule has 2 heterocycles. The number of aromatic nitrogens is 4. The molecule has 0 atom stereocenters. The van der Waals surface area contributed by atoms with Gasteiger partial charge in [0.25, 0.3) is 5.91 Å². The van der Waals surface area contributed by atoms with E-state index in [2.05, 4.69) is 25.9 Å². The van der Waals surface area contributed by atoms with Crippen molar-refractivity contribution in [3.05, 3.63) is 77.0 Å². The van der Waals surface area contributed by atoms with Gasteiger partial charge in [0.15, 0.2) is 0 Å². The van der Waals surface area contributed by atoms with E-state index in [1.54, 1.807) is 24.3 Å². The Morgan fingerprint density at radius 2 is 1.97 bits per heavy atom. The number of nitrogens with one attached hydrogen (secondary N) is 1. The summed E-state index contributed by atoms with van der Waals surface area (Å²) >= 11 is 6.09. The Labute approximate surface area is 189 Å². The van der Waals surface area contributed by atoms with Crippen LogP contribution in [0.15, 0.2) is 70.2 Å². The van der Waals surface area contributed by atoms with E-state index in [0.717, 1.165) is 16.9 Å². The summed E-state index contributed by atoms with van der Waals surface area (Å²) in [5.41, 5.74) is 2.35. The first-order valence-electron chi connectivity index (χ1n) is 9.42. The van der Waals surface area contributed by atoms with E-state index < -0.39 is 17.6 Å². The predicted molar refractivity (Wildman–Crippen MR) is 113 cm³/mol. The highest BCUT2D eigenvalue weighted by molar-refractivity contribution is 6.33. The van der Waals surface area contributed by atoms with Crippen LogP contribution >= 0.6 is 11.6 Å². The molecule has 168 valence electrons. The normalized spacial score (nSPS) is 11.8. The highest BCUT2D eigenvalue weighted by Crippen LogP contribution is 2.32. The SMILES string of the molecule is O=C(Cn1nnc(-c2ccccc2Cl)n1)N/N=C/c1ccc(-c2cccc(C(F)(F)F)c2)o1. The van der Waals surface area contributed by atoms with E-state index >= 15 is 0 Å². The third-order valence-corrected chi connectivity index (χ3v) is 4.66. The Balaban J connectivity index is 1.35. The van der Waals surface area contributed by atoms with E-state index in [1.165, 1.54) is 30.5 Å². The molecule has 0 bridgehead atoms. The van der Waals surface area contributed by atoms with Crippen LogP contribution in [0.3, 0.4) is 0 Å². The molecule has 4 rings (SSSR count). The minimum atomic E-state index is -4.45. The second-order valence-corrected chi connectivity index (χ2v) is 7.10. The molecule has 8 nitrogen and oxygen atoms in total. The van der Waals surface area contributed by atoms with Crippen molar-refractivity contribution < 1.29 is 22.4 Å². The Bertz CT molecular complexity index is 1320. The van der Waals surface area contributed by atoms with Crippen LogP contribution in [0.1, 0.15) is 11.3 Å². The van der Waals surface area contributed by atoms with Crippen molar-refractivity contribution >= 4 is 23.7 Å². The number of alkyl halides is 3. The van der Waals surface area contributed by atoms with Gasteiger partial charge >= 0.3 is 6.18 Å². The molecule has 0 fully saturated rings. The van der Waals surface area contributed by atoms with Crippen molar-refractivity contribution in [1.82, 2.24) is 25.6 Å². The number of halogens is 4. The number of carbonyl (C=O) groups excluding carboxylic acids is 1. The van der Waals surface area contributed by atoms with Gasteiger partial charge in [-0.1, -0.05) is 35.9 Å². The van der Waals surface area contributed by atoms with Crippen molar-refractivity contribution in [2.24, 2.45) is 5.10 Å². The monoisotopic (exact) mass is 474 g/mol. The van der Waals surface area contributed by atoms with Crippen molar-refractivity contribution in [1.29, 1.82) is 0 Å². The van der Waals surface area contributed by atoms with Crippen LogP contribution in [0, 0.1) is 0 Å². The Morgan fingerprint density at radius 3 is 2.76 bits per heavy atom. The lowest BCUT2D eigenvalue weighted by atomic mass is 10.1. The topological polar surface area (TPSA) is 98.2 Å². The summed E-state index contributed by atoms with van der Waals surface area (Å²) in [5.74, 6) is 0.212. The molecular formula is C21H14ClF3N6O2. The molecule has 0 saturated heterocycles. The molecule has 0 radical (unpaired) electrons. The highest BCUT2D eigenvalue weighted by atomic mass is 35.5. The zero-order valence-electron chi connectivity index (χ0n) is 16.6. The van der Waals surface area contributed by atoms with Gasteiger partial charge in [-0.3, -0.25) is 4.79 Å². The first kappa shape index (κ1) is 22.2. The van der Waals surface area contributed by atoms with Gasteiger partial charge in [0.05, 0.1) is 16.8 Å². The minimum Gasteiger partial charge on any atom is -0.455 e. The first-order valence-corrected chi connectivity index (χ1v) is 9.79. The zero-order chi connectivity index (χ0) is 23.4. The standard InChI is InChI=1S/C21H14ClF3N6O2/c22-17-7-2-1-6-16(17)20-28-30-31(29-20)12-19(32)27-26-11-15-8-9-18(33-15)13-4-3-5-14(10-13)21(23,24)25/h1-11H,12H2,(H,27,32)/b26-11+. The quantitative estimate of drug-likeness (QED) is 0.329. The van der Waals surface area contributed by atoms with Crippen LogP contribution in [0.4, 0.5) is 13.2 Å². The number of benzene rings is 2. The molecule has 0 aliphatic carbocycles. The van der Waals surface area contributed by atoms with Crippen LogP contribution in [0.2, 0.25) is 5.02 Å². The van der Waals surface area contributed by atoms with Crippen LogP contribution in [-0.4, -0.2) is 32.3 Å². The van der Waals surface area contributed by atoms with Gasteiger partial charge in [-0.25, -0.2) is 5.43 Å². The maximum Gasteiger partial charge on any atom is 0.416 e. The molecule has 0 unspecified atom stereocenters. The Hall–Kier alpha value is -3.99.